The van der Waals surface area contributed by atoms with Crippen molar-refractivity contribution in [3.63, 3.8) is 0 Å². The van der Waals surface area contributed by atoms with Crippen molar-refractivity contribution < 1.29 is 19.2 Å². The van der Waals surface area contributed by atoms with Crippen LogP contribution >= 0.6 is 23.2 Å². The standard InChI is InChI=1S/C24H19Cl2N3O5/c1-14-19(26)7-4-8-20(14)27-24(31)21(12-15-5-3-6-17(11-15)29(32)33)28-23(30)18-13-16(25)9-10-22(18)34-2/h3-13H,1-2H3,(H,27,31)(H,28,30). The number of halogens is 2. The molecule has 0 aliphatic heterocycles. The number of methoxy groups -OCH3 is 1. The Balaban J connectivity index is 2.01. The number of amides is 2. The Hall–Kier alpha value is -3.88. The van der Waals surface area contributed by atoms with Gasteiger partial charge in [-0.2, -0.15) is 0 Å². The molecule has 0 radical (unpaired) electrons. The van der Waals surface area contributed by atoms with Crippen LogP contribution in [0.2, 0.25) is 10.0 Å². The highest BCUT2D eigenvalue weighted by molar-refractivity contribution is 6.32. The molecule has 10 heteroatoms. The fourth-order valence-electron chi connectivity index (χ4n) is 3.03. The van der Waals surface area contributed by atoms with Gasteiger partial charge in [-0.25, -0.2) is 0 Å². The van der Waals surface area contributed by atoms with Gasteiger partial charge in [0.2, 0.25) is 0 Å². The summed E-state index contributed by atoms with van der Waals surface area (Å²) in [4.78, 5) is 36.8. The van der Waals surface area contributed by atoms with Crippen LogP contribution in [0.25, 0.3) is 6.08 Å². The van der Waals surface area contributed by atoms with E-state index in [-0.39, 0.29) is 22.7 Å². The number of nitro benzene ring substituents is 1. The Kier molecular flexibility index (Phi) is 7.88. The summed E-state index contributed by atoms with van der Waals surface area (Å²) in [6.45, 7) is 1.73. The molecule has 2 N–H and O–H groups in total. The molecule has 0 bridgehead atoms. The Morgan fingerprint density at radius 3 is 2.50 bits per heavy atom. The van der Waals surface area contributed by atoms with Crippen LogP contribution in [-0.2, 0) is 4.79 Å². The molecular weight excluding hydrogens is 481 g/mol. The lowest BCUT2D eigenvalue weighted by atomic mass is 10.1. The molecule has 0 spiro atoms. The first kappa shape index (κ1) is 24.8. The number of rotatable bonds is 7. The second-order valence-electron chi connectivity index (χ2n) is 7.08. The van der Waals surface area contributed by atoms with Crippen molar-refractivity contribution in [2.75, 3.05) is 12.4 Å². The number of non-ortho nitro benzene ring substituents is 1. The molecule has 2 amide bonds. The van der Waals surface area contributed by atoms with Gasteiger partial charge in [0.15, 0.2) is 0 Å². The van der Waals surface area contributed by atoms with Gasteiger partial charge >= 0.3 is 0 Å². The monoisotopic (exact) mass is 499 g/mol. The highest BCUT2D eigenvalue weighted by Crippen LogP contribution is 2.25. The highest BCUT2D eigenvalue weighted by Gasteiger charge is 2.19. The molecule has 0 aliphatic carbocycles. The number of benzene rings is 3. The summed E-state index contributed by atoms with van der Waals surface area (Å²) in [5, 5.41) is 17.2. The van der Waals surface area contributed by atoms with Gasteiger partial charge in [-0.3, -0.25) is 19.7 Å². The third-order valence-corrected chi connectivity index (χ3v) is 5.45. The van der Waals surface area contributed by atoms with E-state index >= 15 is 0 Å². The predicted molar refractivity (Wildman–Crippen MR) is 131 cm³/mol. The van der Waals surface area contributed by atoms with Crippen LogP contribution in [-0.4, -0.2) is 23.8 Å². The fraction of sp³-hybridized carbons (Fsp3) is 0.0833. The van der Waals surface area contributed by atoms with Crippen molar-refractivity contribution in [3.05, 3.63) is 103 Å². The van der Waals surface area contributed by atoms with Crippen LogP contribution in [0.1, 0.15) is 21.5 Å². The first-order valence-corrected chi connectivity index (χ1v) is 10.6. The molecule has 174 valence electrons. The maximum atomic E-state index is 13.2. The quantitative estimate of drug-likeness (QED) is 0.248. The molecule has 0 unspecified atom stereocenters. The van der Waals surface area contributed by atoms with E-state index in [0.717, 1.165) is 0 Å². The van der Waals surface area contributed by atoms with E-state index < -0.39 is 16.7 Å². The Labute approximate surface area is 205 Å². The molecule has 0 saturated carbocycles. The molecule has 0 saturated heterocycles. The minimum absolute atomic E-state index is 0.103. The third kappa shape index (κ3) is 5.92. The second-order valence-corrected chi connectivity index (χ2v) is 7.92. The summed E-state index contributed by atoms with van der Waals surface area (Å²) in [5.74, 6) is -1.07. The van der Waals surface area contributed by atoms with Crippen molar-refractivity contribution in [1.29, 1.82) is 0 Å². The average molecular weight is 500 g/mol. The molecular formula is C24H19Cl2N3O5. The Morgan fingerprint density at radius 1 is 1.06 bits per heavy atom. The lowest BCUT2D eigenvalue weighted by Gasteiger charge is -2.14. The van der Waals surface area contributed by atoms with E-state index in [1.807, 2.05) is 0 Å². The number of nitro groups is 1. The lowest BCUT2D eigenvalue weighted by Crippen LogP contribution is -2.31. The summed E-state index contributed by atoms with van der Waals surface area (Å²) in [7, 11) is 1.40. The van der Waals surface area contributed by atoms with Gasteiger partial charge in [0, 0.05) is 27.9 Å². The number of ether oxygens (including phenoxy) is 1. The van der Waals surface area contributed by atoms with E-state index in [1.54, 1.807) is 37.3 Å². The molecule has 0 fully saturated rings. The molecule has 3 rings (SSSR count). The van der Waals surface area contributed by atoms with E-state index in [4.69, 9.17) is 27.9 Å². The van der Waals surface area contributed by atoms with Gasteiger partial charge in [-0.15, -0.1) is 0 Å². The summed E-state index contributed by atoms with van der Waals surface area (Å²) in [6, 6.07) is 15.1. The molecule has 0 aromatic heterocycles. The molecule has 0 aliphatic rings. The van der Waals surface area contributed by atoms with Crippen molar-refractivity contribution in [1.82, 2.24) is 5.32 Å². The Bertz CT molecular complexity index is 1310. The van der Waals surface area contributed by atoms with Crippen molar-refractivity contribution in [2.24, 2.45) is 0 Å². The van der Waals surface area contributed by atoms with E-state index in [2.05, 4.69) is 10.6 Å². The van der Waals surface area contributed by atoms with Crippen LogP contribution in [0.3, 0.4) is 0 Å². The smallest absolute Gasteiger partial charge is 0.272 e. The number of hydrogen-bond donors (Lipinski definition) is 2. The largest absolute Gasteiger partial charge is 0.496 e. The van der Waals surface area contributed by atoms with Gasteiger partial charge in [0.05, 0.1) is 17.6 Å². The molecule has 3 aromatic rings. The van der Waals surface area contributed by atoms with Crippen LogP contribution in [0, 0.1) is 17.0 Å². The topological polar surface area (TPSA) is 111 Å². The first-order valence-electron chi connectivity index (χ1n) is 9.87. The summed E-state index contributed by atoms with van der Waals surface area (Å²) < 4.78 is 5.22. The summed E-state index contributed by atoms with van der Waals surface area (Å²) in [6.07, 6.45) is 1.33. The van der Waals surface area contributed by atoms with E-state index in [1.165, 1.54) is 43.5 Å². The zero-order chi connectivity index (χ0) is 24.8. The maximum absolute atomic E-state index is 13.2. The van der Waals surface area contributed by atoms with E-state index in [0.29, 0.717) is 26.9 Å². The Morgan fingerprint density at radius 2 is 1.79 bits per heavy atom. The van der Waals surface area contributed by atoms with E-state index in [9.17, 15) is 19.7 Å². The van der Waals surface area contributed by atoms with Crippen molar-refractivity contribution in [3.8, 4) is 5.75 Å². The van der Waals surface area contributed by atoms with Gasteiger partial charge in [0.25, 0.3) is 17.5 Å². The first-order chi connectivity index (χ1) is 16.2. The van der Waals surface area contributed by atoms with Crippen molar-refractivity contribution in [2.45, 2.75) is 6.92 Å². The number of carbonyl (C=O) groups is 2. The van der Waals surface area contributed by atoms with Crippen LogP contribution in [0.15, 0.2) is 66.4 Å². The number of nitrogens with one attached hydrogen (secondary N) is 2. The van der Waals surface area contributed by atoms with Gasteiger partial charge in [-0.05, 0) is 54.5 Å². The van der Waals surface area contributed by atoms with Crippen LogP contribution in [0.4, 0.5) is 11.4 Å². The number of nitrogens with zero attached hydrogens (tertiary/aromatic N) is 1. The number of carbonyl (C=O) groups excluding carboxylic acids is 2. The highest BCUT2D eigenvalue weighted by atomic mass is 35.5. The molecule has 3 aromatic carbocycles. The second kappa shape index (κ2) is 10.8. The molecule has 34 heavy (non-hydrogen) atoms. The minimum Gasteiger partial charge on any atom is -0.496 e. The minimum atomic E-state index is -0.661. The molecule has 8 nitrogen and oxygen atoms in total. The summed E-state index contributed by atoms with van der Waals surface area (Å²) >= 11 is 12.2. The summed E-state index contributed by atoms with van der Waals surface area (Å²) in [5.41, 5.74) is 1.19. The van der Waals surface area contributed by atoms with Crippen molar-refractivity contribution >= 4 is 52.5 Å². The lowest BCUT2D eigenvalue weighted by molar-refractivity contribution is -0.384. The predicted octanol–water partition coefficient (Wildman–Crippen LogP) is 5.63. The van der Waals surface area contributed by atoms with Gasteiger partial charge in [0.1, 0.15) is 11.4 Å². The zero-order valence-corrected chi connectivity index (χ0v) is 19.6. The molecule has 0 heterocycles. The van der Waals surface area contributed by atoms with Crippen LogP contribution < -0.4 is 15.4 Å². The molecule has 0 atom stereocenters. The maximum Gasteiger partial charge on any atom is 0.272 e. The third-order valence-electron chi connectivity index (χ3n) is 4.81. The number of hydrogen-bond acceptors (Lipinski definition) is 5. The van der Waals surface area contributed by atoms with Crippen LogP contribution in [0.5, 0.6) is 5.75 Å². The average Bonchev–Trinajstić information content (AvgIpc) is 2.81. The van der Waals surface area contributed by atoms with Gasteiger partial charge < -0.3 is 15.4 Å². The normalized spacial score (nSPS) is 11.0. The SMILES string of the molecule is COc1ccc(Cl)cc1C(=O)NC(=Cc1cccc([N+](=O)[O-])c1)C(=O)Nc1cccc(Cl)c1C. The zero-order valence-electron chi connectivity index (χ0n) is 18.1. The van der Waals surface area contributed by atoms with Gasteiger partial charge in [-0.1, -0.05) is 41.4 Å². The number of anilines is 1. The fourth-order valence-corrected chi connectivity index (χ4v) is 3.38.